The van der Waals surface area contributed by atoms with Gasteiger partial charge in [0.25, 0.3) is 5.91 Å². The van der Waals surface area contributed by atoms with Gasteiger partial charge in [-0.1, -0.05) is 11.6 Å². The molecule has 0 aliphatic rings. The summed E-state index contributed by atoms with van der Waals surface area (Å²) in [5.41, 5.74) is 4.18. The SMILES string of the molecule is COCC(=O)Nc1ccc(NC(=O)c2ccc(-n3nc(C)c(Cl)c3C)cc2)cc1. The highest BCUT2D eigenvalue weighted by atomic mass is 35.5. The maximum absolute atomic E-state index is 12.5. The van der Waals surface area contributed by atoms with Crippen molar-refractivity contribution in [3.63, 3.8) is 0 Å². The number of halogens is 1. The van der Waals surface area contributed by atoms with Crippen LogP contribution in [0.3, 0.4) is 0 Å². The number of rotatable bonds is 6. The molecule has 1 aromatic heterocycles. The van der Waals surface area contributed by atoms with E-state index in [1.165, 1.54) is 7.11 Å². The highest BCUT2D eigenvalue weighted by Crippen LogP contribution is 2.22. The van der Waals surface area contributed by atoms with Crippen LogP contribution in [0.15, 0.2) is 48.5 Å². The van der Waals surface area contributed by atoms with Crippen LogP contribution >= 0.6 is 11.6 Å². The van der Waals surface area contributed by atoms with Crippen LogP contribution in [0.1, 0.15) is 21.7 Å². The van der Waals surface area contributed by atoms with E-state index in [1.54, 1.807) is 41.1 Å². The Morgan fingerprint density at radius 3 is 2.10 bits per heavy atom. The van der Waals surface area contributed by atoms with E-state index in [0.717, 1.165) is 17.1 Å². The summed E-state index contributed by atoms with van der Waals surface area (Å²) < 4.78 is 6.52. The second-order valence-electron chi connectivity index (χ2n) is 6.46. The van der Waals surface area contributed by atoms with E-state index < -0.39 is 0 Å². The number of hydrogen-bond donors (Lipinski definition) is 2. The molecule has 0 bridgehead atoms. The van der Waals surface area contributed by atoms with Crippen molar-refractivity contribution in [2.45, 2.75) is 13.8 Å². The van der Waals surface area contributed by atoms with E-state index >= 15 is 0 Å². The fourth-order valence-corrected chi connectivity index (χ4v) is 2.92. The Labute approximate surface area is 173 Å². The van der Waals surface area contributed by atoms with Gasteiger partial charge in [0.05, 0.1) is 22.1 Å². The lowest BCUT2D eigenvalue weighted by atomic mass is 10.2. The summed E-state index contributed by atoms with van der Waals surface area (Å²) in [6.07, 6.45) is 0. The number of ether oxygens (including phenoxy) is 1. The number of aryl methyl sites for hydroxylation is 1. The Morgan fingerprint density at radius 2 is 1.59 bits per heavy atom. The van der Waals surface area contributed by atoms with Gasteiger partial charge in [-0.2, -0.15) is 5.10 Å². The largest absolute Gasteiger partial charge is 0.375 e. The number of carbonyl (C=O) groups excluding carboxylic acids is 2. The minimum Gasteiger partial charge on any atom is -0.375 e. The molecule has 0 atom stereocenters. The molecule has 29 heavy (non-hydrogen) atoms. The molecule has 8 heteroatoms. The predicted molar refractivity (Wildman–Crippen MR) is 113 cm³/mol. The zero-order valence-corrected chi connectivity index (χ0v) is 17.1. The number of methoxy groups -OCH3 is 1. The highest BCUT2D eigenvalue weighted by Gasteiger charge is 2.12. The van der Waals surface area contributed by atoms with E-state index in [0.29, 0.717) is 22.0 Å². The molecule has 150 valence electrons. The molecule has 2 aromatic carbocycles. The van der Waals surface area contributed by atoms with Crippen LogP contribution in [-0.4, -0.2) is 35.3 Å². The molecule has 0 saturated carbocycles. The molecule has 3 aromatic rings. The zero-order chi connectivity index (χ0) is 21.0. The summed E-state index contributed by atoms with van der Waals surface area (Å²) in [5.74, 6) is -0.479. The third-order valence-corrected chi connectivity index (χ3v) is 4.83. The second kappa shape index (κ2) is 8.89. The molecule has 7 nitrogen and oxygen atoms in total. The summed E-state index contributed by atoms with van der Waals surface area (Å²) in [6, 6.07) is 13.9. The van der Waals surface area contributed by atoms with E-state index in [4.69, 9.17) is 16.3 Å². The lowest BCUT2D eigenvalue weighted by Crippen LogP contribution is -2.17. The maximum Gasteiger partial charge on any atom is 0.255 e. The van der Waals surface area contributed by atoms with Gasteiger partial charge in [-0.05, 0) is 62.4 Å². The highest BCUT2D eigenvalue weighted by molar-refractivity contribution is 6.31. The van der Waals surface area contributed by atoms with Crippen LogP contribution in [0.4, 0.5) is 11.4 Å². The summed E-state index contributed by atoms with van der Waals surface area (Å²) in [5, 5.41) is 10.6. The van der Waals surface area contributed by atoms with Gasteiger partial charge in [0.1, 0.15) is 6.61 Å². The number of amides is 2. The monoisotopic (exact) mass is 412 g/mol. The molecular weight excluding hydrogens is 392 g/mol. The molecule has 2 amide bonds. The second-order valence-corrected chi connectivity index (χ2v) is 6.83. The van der Waals surface area contributed by atoms with Crippen molar-refractivity contribution in [1.82, 2.24) is 9.78 Å². The van der Waals surface area contributed by atoms with Crippen molar-refractivity contribution >= 4 is 34.8 Å². The Hall–Kier alpha value is -3.16. The Bertz CT molecular complexity index is 1030. The van der Waals surface area contributed by atoms with Gasteiger partial charge in [0.15, 0.2) is 0 Å². The van der Waals surface area contributed by atoms with Gasteiger partial charge in [0.2, 0.25) is 5.91 Å². The minimum absolute atomic E-state index is 0.0156. The topological polar surface area (TPSA) is 85.3 Å². The molecule has 2 N–H and O–H groups in total. The lowest BCUT2D eigenvalue weighted by Gasteiger charge is -2.09. The quantitative estimate of drug-likeness (QED) is 0.641. The van der Waals surface area contributed by atoms with Gasteiger partial charge in [-0.3, -0.25) is 9.59 Å². The van der Waals surface area contributed by atoms with E-state index in [1.807, 2.05) is 26.0 Å². The van der Waals surface area contributed by atoms with Crippen molar-refractivity contribution in [1.29, 1.82) is 0 Å². The van der Waals surface area contributed by atoms with Crippen molar-refractivity contribution in [2.24, 2.45) is 0 Å². The van der Waals surface area contributed by atoms with Gasteiger partial charge < -0.3 is 15.4 Å². The first-order valence-corrected chi connectivity index (χ1v) is 9.29. The average molecular weight is 413 g/mol. The van der Waals surface area contributed by atoms with Crippen molar-refractivity contribution in [2.75, 3.05) is 24.4 Å². The fraction of sp³-hybridized carbons (Fsp3) is 0.190. The first-order chi connectivity index (χ1) is 13.9. The molecule has 0 aliphatic heterocycles. The zero-order valence-electron chi connectivity index (χ0n) is 16.3. The van der Waals surface area contributed by atoms with Crippen molar-refractivity contribution in [3.05, 3.63) is 70.5 Å². The van der Waals surface area contributed by atoms with Crippen LogP contribution in [0.25, 0.3) is 5.69 Å². The average Bonchev–Trinajstić information content (AvgIpc) is 2.97. The molecule has 0 radical (unpaired) electrons. The van der Waals surface area contributed by atoms with Crippen LogP contribution in [0.5, 0.6) is 0 Å². The van der Waals surface area contributed by atoms with E-state index in [-0.39, 0.29) is 18.4 Å². The fourth-order valence-electron chi connectivity index (χ4n) is 2.80. The first kappa shape index (κ1) is 20.6. The number of nitrogens with one attached hydrogen (secondary N) is 2. The summed E-state index contributed by atoms with van der Waals surface area (Å²) in [4.78, 5) is 24.0. The summed E-state index contributed by atoms with van der Waals surface area (Å²) in [7, 11) is 1.46. The molecular formula is C21H21ClN4O3. The Balaban J connectivity index is 1.66. The maximum atomic E-state index is 12.5. The van der Waals surface area contributed by atoms with E-state index in [9.17, 15) is 9.59 Å². The first-order valence-electron chi connectivity index (χ1n) is 8.91. The van der Waals surface area contributed by atoms with E-state index in [2.05, 4.69) is 15.7 Å². The number of anilines is 2. The van der Waals surface area contributed by atoms with Crippen LogP contribution in [-0.2, 0) is 9.53 Å². The normalized spacial score (nSPS) is 10.6. The Morgan fingerprint density at radius 1 is 1.00 bits per heavy atom. The molecule has 0 unspecified atom stereocenters. The third kappa shape index (κ3) is 4.82. The molecule has 0 saturated heterocycles. The molecule has 1 heterocycles. The molecule has 3 rings (SSSR count). The van der Waals surface area contributed by atoms with Gasteiger partial charge >= 0.3 is 0 Å². The number of benzene rings is 2. The molecule has 0 aliphatic carbocycles. The number of carbonyl (C=O) groups is 2. The number of aromatic nitrogens is 2. The van der Waals surface area contributed by atoms with Crippen LogP contribution in [0.2, 0.25) is 5.02 Å². The van der Waals surface area contributed by atoms with Gasteiger partial charge in [0, 0.05) is 24.0 Å². The molecule has 0 fully saturated rings. The predicted octanol–water partition coefficient (Wildman–Crippen LogP) is 3.98. The van der Waals surface area contributed by atoms with Crippen LogP contribution < -0.4 is 10.6 Å². The summed E-state index contributed by atoms with van der Waals surface area (Å²) >= 11 is 6.20. The minimum atomic E-state index is -0.242. The number of hydrogen-bond acceptors (Lipinski definition) is 4. The van der Waals surface area contributed by atoms with Crippen molar-refractivity contribution in [3.8, 4) is 5.69 Å². The standard InChI is InChI=1S/C21H21ClN4O3/c1-13-20(22)14(2)26(25-13)18-10-4-15(5-11-18)21(28)24-17-8-6-16(7-9-17)23-19(27)12-29-3/h4-11H,12H2,1-3H3,(H,23,27)(H,24,28). The summed E-state index contributed by atoms with van der Waals surface area (Å²) in [6.45, 7) is 3.73. The number of nitrogens with zero attached hydrogens (tertiary/aromatic N) is 2. The van der Waals surface area contributed by atoms with Crippen molar-refractivity contribution < 1.29 is 14.3 Å². The lowest BCUT2D eigenvalue weighted by molar-refractivity contribution is -0.119. The van der Waals surface area contributed by atoms with Crippen LogP contribution in [0, 0.1) is 13.8 Å². The third-order valence-electron chi connectivity index (χ3n) is 4.28. The van der Waals surface area contributed by atoms with Gasteiger partial charge in [-0.25, -0.2) is 4.68 Å². The Kier molecular flexibility index (Phi) is 6.31. The van der Waals surface area contributed by atoms with Gasteiger partial charge in [-0.15, -0.1) is 0 Å². The smallest absolute Gasteiger partial charge is 0.255 e. The molecule has 0 spiro atoms.